The zero-order valence-electron chi connectivity index (χ0n) is 13.9. The van der Waals surface area contributed by atoms with Gasteiger partial charge in [0.05, 0.1) is 12.3 Å². The molecular formula is C15H19N7O2S. The van der Waals surface area contributed by atoms with Crippen LogP contribution in [0.25, 0.3) is 0 Å². The fraction of sp³-hybridized carbons (Fsp3) is 0.267. The summed E-state index contributed by atoms with van der Waals surface area (Å²) >= 11 is 1.07. The third-order valence-electron chi connectivity index (χ3n) is 3.12. The normalized spacial score (nSPS) is 10.3. The van der Waals surface area contributed by atoms with Gasteiger partial charge >= 0.3 is 0 Å². The topological polar surface area (TPSA) is 140 Å². The maximum absolute atomic E-state index is 12.1. The Kier molecular flexibility index (Phi) is 6.12. The molecule has 0 atom stereocenters. The van der Waals surface area contributed by atoms with Gasteiger partial charge in [-0.1, -0.05) is 29.5 Å². The number of nitrogen functional groups attached to an aromatic ring is 2. The lowest BCUT2D eigenvalue weighted by molar-refractivity contribution is -0.131. The number of hydrogen-bond donors (Lipinski definition) is 3. The molecule has 1 aromatic carbocycles. The first-order valence-electron chi connectivity index (χ1n) is 7.34. The molecule has 0 aliphatic rings. The van der Waals surface area contributed by atoms with E-state index < -0.39 is 0 Å². The predicted octanol–water partition coefficient (Wildman–Crippen LogP) is 0.534. The van der Waals surface area contributed by atoms with Crippen molar-refractivity contribution in [1.82, 2.24) is 19.9 Å². The van der Waals surface area contributed by atoms with Crippen LogP contribution in [0.1, 0.15) is 5.56 Å². The van der Waals surface area contributed by atoms with Crippen LogP contribution in [-0.4, -0.2) is 51.0 Å². The number of carbonyl (C=O) groups excluding carboxylic acids is 2. The maximum atomic E-state index is 12.1. The highest BCUT2D eigenvalue weighted by Gasteiger charge is 2.14. The molecule has 0 bridgehead atoms. The Bertz CT molecular complexity index is 747. The average Bonchev–Trinajstić information content (AvgIpc) is 2.53. The van der Waals surface area contributed by atoms with Crippen LogP contribution in [0, 0.1) is 6.92 Å². The second-order valence-corrected chi connectivity index (χ2v) is 6.23. The molecule has 1 heterocycles. The highest BCUT2D eigenvalue weighted by atomic mass is 32.2. The van der Waals surface area contributed by atoms with Gasteiger partial charge in [-0.3, -0.25) is 9.59 Å². The number of thioether (sulfide) groups is 1. The number of rotatable bonds is 6. The number of hydrogen-bond acceptors (Lipinski definition) is 8. The van der Waals surface area contributed by atoms with Gasteiger partial charge in [-0.15, -0.1) is 0 Å². The van der Waals surface area contributed by atoms with Gasteiger partial charge in [0, 0.05) is 12.7 Å². The predicted molar refractivity (Wildman–Crippen MR) is 96.8 cm³/mol. The molecule has 0 radical (unpaired) electrons. The average molecular weight is 361 g/mol. The summed E-state index contributed by atoms with van der Waals surface area (Å²) in [5.74, 6) is -0.487. The number of nitrogens with two attached hydrogens (primary N) is 2. The van der Waals surface area contributed by atoms with Crippen molar-refractivity contribution in [3.63, 3.8) is 0 Å². The van der Waals surface area contributed by atoms with Crippen molar-refractivity contribution in [2.75, 3.05) is 36.1 Å². The zero-order chi connectivity index (χ0) is 18.4. The van der Waals surface area contributed by atoms with E-state index in [0.717, 1.165) is 17.3 Å². The number of carbonyl (C=O) groups is 2. The molecule has 132 valence electrons. The number of benzene rings is 1. The van der Waals surface area contributed by atoms with Crippen molar-refractivity contribution in [2.45, 2.75) is 12.1 Å². The van der Waals surface area contributed by atoms with Crippen LogP contribution in [0.15, 0.2) is 29.4 Å². The fourth-order valence-corrected chi connectivity index (χ4v) is 2.62. The number of amides is 2. The third kappa shape index (κ3) is 5.92. The molecule has 2 amide bonds. The Balaban J connectivity index is 1.82. The summed E-state index contributed by atoms with van der Waals surface area (Å²) in [4.78, 5) is 36.8. The minimum Gasteiger partial charge on any atom is -0.368 e. The molecule has 0 unspecified atom stereocenters. The van der Waals surface area contributed by atoms with Gasteiger partial charge in [0.2, 0.25) is 23.7 Å². The third-order valence-corrected chi connectivity index (χ3v) is 3.95. The van der Waals surface area contributed by atoms with E-state index in [4.69, 9.17) is 11.5 Å². The molecule has 10 heteroatoms. The largest absolute Gasteiger partial charge is 0.368 e. The number of anilines is 3. The molecule has 0 aliphatic carbocycles. The Hall–Kier alpha value is -2.88. The van der Waals surface area contributed by atoms with Crippen molar-refractivity contribution in [3.8, 4) is 0 Å². The molecule has 9 nitrogen and oxygen atoms in total. The van der Waals surface area contributed by atoms with Crippen molar-refractivity contribution in [1.29, 1.82) is 0 Å². The molecule has 1 aromatic heterocycles. The summed E-state index contributed by atoms with van der Waals surface area (Å²) in [5, 5.41) is 3.00. The first-order chi connectivity index (χ1) is 11.8. The molecule has 0 aliphatic heterocycles. The van der Waals surface area contributed by atoms with Crippen LogP contribution in [0.2, 0.25) is 0 Å². The van der Waals surface area contributed by atoms with Crippen LogP contribution in [-0.2, 0) is 9.59 Å². The molecular weight excluding hydrogens is 342 g/mol. The summed E-state index contributed by atoms with van der Waals surface area (Å²) in [5.41, 5.74) is 12.7. The number of nitrogens with zero attached hydrogens (tertiary/aromatic N) is 4. The van der Waals surface area contributed by atoms with Crippen molar-refractivity contribution in [2.24, 2.45) is 0 Å². The standard InChI is InChI=1S/C15H19N7O2S/c1-9-3-5-10(6-4-9)18-11(23)7-22(2)12(24)8-25-15-20-13(16)19-14(17)21-15/h3-6H,7-8H2,1-2H3,(H,18,23)(H4,16,17,19,20,21). The fourth-order valence-electron chi connectivity index (χ4n) is 1.83. The molecule has 25 heavy (non-hydrogen) atoms. The van der Waals surface area contributed by atoms with E-state index in [-0.39, 0.29) is 41.2 Å². The van der Waals surface area contributed by atoms with Gasteiger partial charge in [-0.2, -0.15) is 15.0 Å². The number of nitrogens with one attached hydrogen (secondary N) is 1. The summed E-state index contributed by atoms with van der Waals surface area (Å²) in [7, 11) is 1.55. The van der Waals surface area contributed by atoms with E-state index in [9.17, 15) is 9.59 Å². The smallest absolute Gasteiger partial charge is 0.243 e. The minimum atomic E-state index is -0.279. The van der Waals surface area contributed by atoms with E-state index in [1.807, 2.05) is 19.1 Å². The Morgan fingerprint density at radius 1 is 1.12 bits per heavy atom. The van der Waals surface area contributed by atoms with Crippen LogP contribution in [0.4, 0.5) is 17.6 Å². The van der Waals surface area contributed by atoms with Crippen LogP contribution in [0.5, 0.6) is 0 Å². The van der Waals surface area contributed by atoms with E-state index in [1.165, 1.54) is 4.90 Å². The van der Waals surface area contributed by atoms with E-state index in [1.54, 1.807) is 19.2 Å². The highest BCUT2D eigenvalue weighted by Crippen LogP contribution is 2.15. The van der Waals surface area contributed by atoms with Crippen molar-refractivity contribution in [3.05, 3.63) is 29.8 Å². The Morgan fingerprint density at radius 3 is 2.32 bits per heavy atom. The monoisotopic (exact) mass is 361 g/mol. The molecule has 0 saturated carbocycles. The molecule has 5 N–H and O–H groups in total. The lowest BCUT2D eigenvalue weighted by atomic mass is 10.2. The van der Waals surface area contributed by atoms with Gasteiger partial charge in [-0.25, -0.2) is 0 Å². The van der Waals surface area contributed by atoms with E-state index in [2.05, 4.69) is 20.3 Å². The summed E-state index contributed by atoms with van der Waals surface area (Å²) < 4.78 is 0. The highest BCUT2D eigenvalue weighted by molar-refractivity contribution is 7.99. The van der Waals surface area contributed by atoms with Gasteiger partial charge in [-0.05, 0) is 19.1 Å². The molecule has 0 spiro atoms. The summed E-state index contributed by atoms with van der Waals surface area (Å²) in [6.07, 6.45) is 0. The second kappa shape index (κ2) is 8.29. The zero-order valence-corrected chi connectivity index (χ0v) is 14.7. The van der Waals surface area contributed by atoms with E-state index >= 15 is 0 Å². The van der Waals surface area contributed by atoms with Gasteiger partial charge in [0.1, 0.15) is 0 Å². The first kappa shape index (κ1) is 18.5. The first-order valence-corrected chi connectivity index (χ1v) is 8.32. The maximum Gasteiger partial charge on any atom is 0.243 e. The molecule has 2 aromatic rings. The Labute approximate surface area is 149 Å². The van der Waals surface area contributed by atoms with Crippen LogP contribution in [0.3, 0.4) is 0 Å². The van der Waals surface area contributed by atoms with Crippen LogP contribution < -0.4 is 16.8 Å². The number of aryl methyl sites for hydroxylation is 1. The minimum absolute atomic E-state index is 0.00622. The van der Waals surface area contributed by atoms with Crippen molar-refractivity contribution >= 4 is 41.2 Å². The molecule has 2 rings (SSSR count). The molecule has 0 fully saturated rings. The van der Waals surface area contributed by atoms with Gasteiger partial charge in [0.15, 0.2) is 5.16 Å². The summed E-state index contributed by atoms with van der Waals surface area (Å²) in [6.45, 7) is 1.90. The lowest BCUT2D eigenvalue weighted by Gasteiger charge is -2.16. The van der Waals surface area contributed by atoms with Gasteiger partial charge < -0.3 is 21.7 Å². The Morgan fingerprint density at radius 2 is 1.72 bits per heavy atom. The van der Waals surface area contributed by atoms with Gasteiger partial charge in [0.25, 0.3) is 0 Å². The van der Waals surface area contributed by atoms with E-state index in [0.29, 0.717) is 5.69 Å². The number of likely N-dealkylation sites (N-methyl/N-ethyl adjacent to an activating group) is 1. The van der Waals surface area contributed by atoms with Crippen LogP contribution >= 0.6 is 11.8 Å². The SMILES string of the molecule is Cc1ccc(NC(=O)CN(C)C(=O)CSc2nc(N)nc(N)n2)cc1. The second-order valence-electron chi connectivity index (χ2n) is 5.29. The molecule has 0 saturated heterocycles. The number of aromatic nitrogens is 3. The summed E-state index contributed by atoms with van der Waals surface area (Å²) in [6, 6.07) is 7.40. The quantitative estimate of drug-likeness (QED) is 0.633. The van der Waals surface area contributed by atoms with Crippen molar-refractivity contribution < 1.29 is 9.59 Å². The lowest BCUT2D eigenvalue weighted by Crippen LogP contribution is -2.36.